The molecule has 0 bridgehead atoms. The van der Waals surface area contributed by atoms with E-state index in [1.165, 1.54) is 16.4 Å². The number of ether oxygens (including phenoxy) is 1. The van der Waals surface area contributed by atoms with Crippen molar-refractivity contribution in [3.05, 3.63) is 27.8 Å². The first-order chi connectivity index (χ1) is 6.84. The van der Waals surface area contributed by atoms with Crippen molar-refractivity contribution in [2.45, 2.75) is 18.9 Å². The number of benzene rings is 1. The maximum Gasteiger partial charge on any atom is 0.120 e. The molecule has 1 N–H and O–H groups in total. The van der Waals surface area contributed by atoms with Crippen LogP contribution in [0, 0.1) is 3.57 Å². The first kappa shape index (κ1) is 10.2. The monoisotopic (exact) mass is 303 g/mol. The summed E-state index contributed by atoms with van der Waals surface area (Å²) < 4.78 is 6.93. The van der Waals surface area contributed by atoms with Crippen molar-refractivity contribution < 1.29 is 4.74 Å². The molecule has 76 valence electrons. The van der Waals surface area contributed by atoms with Crippen LogP contribution in [0.5, 0.6) is 5.75 Å². The van der Waals surface area contributed by atoms with Gasteiger partial charge in [0.1, 0.15) is 12.4 Å². The minimum absolute atomic E-state index is 0.549. The van der Waals surface area contributed by atoms with Gasteiger partial charge in [-0.2, -0.15) is 0 Å². The van der Waals surface area contributed by atoms with Gasteiger partial charge >= 0.3 is 0 Å². The molecule has 1 aromatic rings. The van der Waals surface area contributed by atoms with Gasteiger partial charge in [-0.3, -0.25) is 0 Å². The molecule has 0 amide bonds. The molecule has 2 nitrogen and oxygen atoms in total. The molecule has 1 heterocycles. The van der Waals surface area contributed by atoms with Crippen molar-refractivity contribution in [1.82, 2.24) is 5.32 Å². The van der Waals surface area contributed by atoms with Crippen molar-refractivity contribution in [2.75, 3.05) is 13.2 Å². The summed E-state index contributed by atoms with van der Waals surface area (Å²) in [6.07, 6.45) is 2.52. The maximum atomic E-state index is 5.70. The van der Waals surface area contributed by atoms with Crippen LogP contribution in [0.15, 0.2) is 24.3 Å². The topological polar surface area (TPSA) is 21.3 Å². The van der Waals surface area contributed by atoms with E-state index < -0.39 is 0 Å². The summed E-state index contributed by atoms with van der Waals surface area (Å²) in [6, 6.07) is 8.72. The maximum absolute atomic E-state index is 5.70. The van der Waals surface area contributed by atoms with Crippen LogP contribution >= 0.6 is 22.6 Å². The van der Waals surface area contributed by atoms with E-state index in [1.54, 1.807) is 0 Å². The zero-order valence-corrected chi connectivity index (χ0v) is 10.2. The predicted octanol–water partition coefficient (Wildman–Crippen LogP) is 2.42. The summed E-state index contributed by atoms with van der Waals surface area (Å²) in [4.78, 5) is 0. The van der Waals surface area contributed by atoms with Gasteiger partial charge in [0.15, 0.2) is 0 Å². The highest BCUT2D eigenvalue weighted by Crippen LogP contribution is 2.16. The van der Waals surface area contributed by atoms with E-state index in [0.717, 1.165) is 18.9 Å². The predicted molar refractivity (Wildman–Crippen MR) is 65.7 cm³/mol. The van der Waals surface area contributed by atoms with Gasteiger partial charge in [-0.05, 0) is 60.2 Å². The van der Waals surface area contributed by atoms with Crippen LogP contribution in [-0.2, 0) is 0 Å². The Balaban J connectivity index is 1.85. The summed E-state index contributed by atoms with van der Waals surface area (Å²) in [5.74, 6) is 0.977. The lowest BCUT2D eigenvalue weighted by Gasteiger charge is -2.11. The van der Waals surface area contributed by atoms with Crippen molar-refractivity contribution in [3.8, 4) is 5.75 Å². The van der Waals surface area contributed by atoms with E-state index in [2.05, 4.69) is 40.0 Å². The lowest BCUT2D eigenvalue weighted by molar-refractivity contribution is 0.277. The molecule has 1 atom stereocenters. The first-order valence-electron chi connectivity index (χ1n) is 4.96. The van der Waals surface area contributed by atoms with Crippen LogP contribution in [0.3, 0.4) is 0 Å². The molecule has 1 aliphatic heterocycles. The average molecular weight is 303 g/mol. The molecular formula is C11H14INO. The second-order valence-corrected chi connectivity index (χ2v) is 4.81. The van der Waals surface area contributed by atoms with Crippen LogP contribution < -0.4 is 10.1 Å². The van der Waals surface area contributed by atoms with Gasteiger partial charge in [-0.25, -0.2) is 0 Å². The molecule has 14 heavy (non-hydrogen) atoms. The molecule has 1 aromatic carbocycles. The van der Waals surface area contributed by atoms with Gasteiger partial charge in [0.25, 0.3) is 0 Å². The third kappa shape index (κ3) is 2.85. The lowest BCUT2D eigenvalue weighted by atomic mass is 10.2. The molecule has 0 radical (unpaired) electrons. The Hall–Kier alpha value is -0.290. The first-order valence-corrected chi connectivity index (χ1v) is 6.04. The molecule has 0 spiro atoms. The molecule has 0 unspecified atom stereocenters. The van der Waals surface area contributed by atoms with Gasteiger partial charge in [-0.15, -0.1) is 0 Å². The summed E-state index contributed by atoms with van der Waals surface area (Å²) in [7, 11) is 0. The van der Waals surface area contributed by atoms with Crippen molar-refractivity contribution in [1.29, 1.82) is 0 Å². The fourth-order valence-corrected chi connectivity index (χ4v) is 2.17. The Labute approximate surface area is 98.2 Å². The minimum Gasteiger partial charge on any atom is -0.492 e. The summed E-state index contributed by atoms with van der Waals surface area (Å²) in [5.41, 5.74) is 0. The van der Waals surface area contributed by atoms with E-state index in [0.29, 0.717) is 6.04 Å². The van der Waals surface area contributed by atoms with E-state index >= 15 is 0 Å². The van der Waals surface area contributed by atoms with Crippen LogP contribution in [0.25, 0.3) is 0 Å². The quantitative estimate of drug-likeness (QED) is 0.866. The highest BCUT2D eigenvalue weighted by Gasteiger charge is 2.14. The third-order valence-corrected chi connectivity index (χ3v) is 3.08. The number of rotatable bonds is 3. The number of hydrogen-bond acceptors (Lipinski definition) is 2. The van der Waals surface area contributed by atoms with Crippen LogP contribution in [0.4, 0.5) is 0 Å². The minimum atomic E-state index is 0.549. The molecule has 2 rings (SSSR count). The highest BCUT2D eigenvalue weighted by atomic mass is 127. The van der Waals surface area contributed by atoms with E-state index in [4.69, 9.17) is 4.74 Å². The molecular weight excluding hydrogens is 289 g/mol. The molecule has 0 aliphatic carbocycles. The second kappa shape index (κ2) is 4.98. The Morgan fingerprint density at radius 2 is 2.43 bits per heavy atom. The fraction of sp³-hybridized carbons (Fsp3) is 0.455. The number of halogens is 1. The van der Waals surface area contributed by atoms with Gasteiger partial charge < -0.3 is 10.1 Å². The summed E-state index contributed by atoms with van der Waals surface area (Å²) in [6.45, 7) is 1.93. The van der Waals surface area contributed by atoms with E-state index in [-0.39, 0.29) is 0 Å². The third-order valence-electron chi connectivity index (χ3n) is 2.41. The standard InChI is InChI=1S/C11H14INO/c12-9-3-1-5-11(7-9)14-8-10-4-2-6-13-10/h1,3,5,7,10,13H,2,4,6,8H2/t10-/m0/s1. The Morgan fingerprint density at radius 3 is 3.14 bits per heavy atom. The molecule has 1 fully saturated rings. The number of hydrogen-bond donors (Lipinski definition) is 1. The van der Waals surface area contributed by atoms with E-state index in [9.17, 15) is 0 Å². The van der Waals surface area contributed by atoms with Gasteiger partial charge in [0.05, 0.1) is 0 Å². The Morgan fingerprint density at radius 1 is 1.50 bits per heavy atom. The highest BCUT2D eigenvalue weighted by molar-refractivity contribution is 14.1. The average Bonchev–Trinajstić information content (AvgIpc) is 2.67. The fourth-order valence-electron chi connectivity index (χ4n) is 1.65. The molecule has 1 aliphatic rings. The summed E-state index contributed by atoms with van der Waals surface area (Å²) in [5, 5.41) is 3.41. The van der Waals surface area contributed by atoms with Crippen molar-refractivity contribution in [2.24, 2.45) is 0 Å². The molecule has 0 aromatic heterocycles. The Kier molecular flexibility index (Phi) is 3.64. The molecule has 1 saturated heterocycles. The smallest absolute Gasteiger partial charge is 0.120 e. The van der Waals surface area contributed by atoms with Crippen molar-refractivity contribution in [3.63, 3.8) is 0 Å². The van der Waals surface area contributed by atoms with Gasteiger partial charge in [0, 0.05) is 9.61 Å². The van der Waals surface area contributed by atoms with Crippen molar-refractivity contribution >= 4 is 22.6 Å². The van der Waals surface area contributed by atoms with Gasteiger partial charge in [0.2, 0.25) is 0 Å². The Bertz CT molecular complexity index is 297. The SMILES string of the molecule is Ic1cccc(OC[C@@H]2CCCN2)c1. The zero-order chi connectivity index (χ0) is 9.80. The second-order valence-electron chi connectivity index (χ2n) is 3.56. The molecule has 0 saturated carbocycles. The molecule has 3 heteroatoms. The lowest BCUT2D eigenvalue weighted by Crippen LogP contribution is -2.28. The van der Waals surface area contributed by atoms with Crippen LogP contribution in [0.1, 0.15) is 12.8 Å². The number of nitrogens with one attached hydrogen (secondary N) is 1. The van der Waals surface area contributed by atoms with Gasteiger partial charge in [-0.1, -0.05) is 6.07 Å². The normalized spacial score (nSPS) is 21.1. The summed E-state index contributed by atoms with van der Waals surface area (Å²) >= 11 is 2.30. The largest absolute Gasteiger partial charge is 0.492 e. The zero-order valence-electron chi connectivity index (χ0n) is 8.00. The van der Waals surface area contributed by atoms with Crippen LogP contribution in [0.2, 0.25) is 0 Å². The van der Waals surface area contributed by atoms with Crippen LogP contribution in [-0.4, -0.2) is 19.2 Å². The van der Waals surface area contributed by atoms with E-state index in [1.807, 2.05) is 12.1 Å².